The number of hydroxylamine groups is 1. The van der Waals surface area contributed by atoms with Crippen molar-refractivity contribution in [2.45, 2.75) is 19.9 Å². The molecule has 0 amide bonds. The fourth-order valence-corrected chi connectivity index (χ4v) is 0.320. The van der Waals surface area contributed by atoms with Crippen molar-refractivity contribution in [1.82, 2.24) is 5.48 Å². The highest BCUT2D eigenvalue weighted by Crippen LogP contribution is 1.84. The zero-order valence-corrected chi connectivity index (χ0v) is 5.55. The van der Waals surface area contributed by atoms with Crippen LogP contribution in [0.15, 0.2) is 0 Å². The highest BCUT2D eigenvalue weighted by molar-refractivity contribution is 5.74. The zero-order chi connectivity index (χ0) is 7.28. The quantitative estimate of drug-likeness (QED) is 0.417. The third-order valence-corrected chi connectivity index (χ3v) is 0.834. The van der Waals surface area contributed by atoms with Crippen molar-refractivity contribution in [2.75, 3.05) is 6.61 Å². The van der Waals surface area contributed by atoms with Crippen LogP contribution in [-0.2, 0) is 9.53 Å². The number of carbonyl (C=O) groups excluding carboxylic acids is 1. The first kappa shape index (κ1) is 8.39. The van der Waals surface area contributed by atoms with Crippen LogP contribution in [0.1, 0.15) is 13.8 Å². The van der Waals surface area contributed by atoms with E-state index in [1.807, 2.05) is 0 Å². The Morgan fingerprint density at radius 2 is 2.44 bits per heavy atom. The van der Waals surface area contributed by atoms with Crippen molar-refractivity contribution in [3.63, 3.8) is 0 Å². The van der Waals surface area contributed by atoms with Crippen molar-refractivity contribution < 1.29 is 14.7 Å². The molecule has 4 nitrogen and oxygen atoms in total. The first-order valence-electron chi connectivity index (χ1n) is 2.78. The average molecular weight is 133 g/mol. The van der Waals surface area contributed by atoms with Crippen molar-refractivity contribution >= 4 is 5.97 Å². The highest BCUT2D eigenvalue weighted by Gasteiger charge is 2.10. The van der Waals surface area contributed by atoms with Gasteiger partial charge in [0, 0.05) is 0 Å². The summed E-state index contributed by atoms with van der Waals surface area (Å²) in [6, 6.07) is -0.634. The molecule has 0 aromatic rings. The monoisotopic (exact) mass is 133 g/mol. The van der Waals surface area contributed by atoms with Crippen LogP contribution in [0.3, 0.4) is 0 Å². The molecular weight excluding hydrogens is 122 g/mol. The summed E-state index contributed by atoms with van der Waals surface area (Å²) < 4.78 is 4.53. The van der Waals surface area contributed by atoms with Gasteiger partial charge in [0.05, 0.1) is 6.61 Å². The highest BCUT2D eigenvalue weighted by atomic mass is 16.5. The zero-order valence-electron chi connectivity index (χ0n) is 5.55. The Balaban J connectivity index is 3.46. The second kappa shape index (κ2) is 4.29. The summed E-state index contributed by atoms with van der Waals surface area (Å²) in [6.07, 6.45) is 0. The van der Waals surface area contributed by atoms with E-state index in [4.69, 9.17) is 5.21 Å². The van der Waals surface area contributed by atoms with E-state index in [1.54, 1.807) is 12.4 Å². The molecule has 0 aromatic heterocycles. The molecule has 0 fully saturated rings. The Hall–Kier alpha value is -0.610. The van der Waals surface area contributed by atoms with Gasteiger partial charge in [-0.15, -0.1) is 0 Å². The largest absolute Gasteiger partial charge is 0.465 e. The number of carbonyl (C=O) groups is 1. The van der Waals surface area contributed by atoms with E-state index in [0.29, 0.717) is 6.61 Å². The molecule has 0 rings (SSSR count). The van der Waals surface area contributed by atoms with Gasteiger partial charge in [-0.25, -0.2) is 0 Å². The van der Waals surface area contributed by atoms with Crippen LogP contribution < -0.4 is 5.48 Å². The van der Waals surface area contributed by atoms with Gasteiger partial charge in [0.15, 0.2) is 0 Å². The number of hydrogen-bond donors (Lipinski definition) is 2. The number of rotatable bonds is 3. The number of hydrogen-bond acceptors (Lipinski definition) is 4. The minimum Gasteiger partial charge on any atom is -0.465 e. The first-order valence-corrected chi connectivity index (χ1v) is 2.78. The van der Waals surface area contributed by atoms with E-state index in [-0.39, 0.29) is 0 Å². The number of esters is 1. The predicted octanol–water partition coefficient (Wildman–Crippen LogP) is -0.0832. The molecule has 0 heterocycles. The lowest BCUT2D eigenvalue weighted by molar-refractivity contribution is -0.147. The topological polar surface area (TPSA) is 58.6 Å². The number of ether oxygens (including phenoxy) is 1. The average Bonchev–Trinajstić information content (AvgIpc) is 1.87. The van der Waals surface area contributed by atoms with E-state index in [1.165, 1.54) is 6.92 Å². The van der Waals surface area contributed by atoms with Crippen LogP contribution in [0, 0.1) is 0 Å². The lowest BCUT2D eigenvalue weighted by Gasteiger charge is -2.06. The first-order chi connectivity index (χ1) is 4.22. The van der Waals surface area contributed by atoms with Crippen LogP contribution in [0.25, 0.3) is 0 Å². The van der Waals surface area contributed by atoms with Crippen LogP contribution in [0.2, 0.25) is 0 Å². The van der Waals surface area contributed by atoms with E-state index < -0.39 is 12.0 Å². The van der Waals surface area contributed by atoms with Crippen molar-refractivity contribution in [3.05, 3.63) is 0 Å². The summed E-state index contributed by atoms with van der Waals surface area (Å²) in [6.45, 7) is 3.56. The van der Waals surface area contributed by atoms with Gasteiger partial charge < -0.3 is 9.94 Å². The van der Waals surface area contributed by atoms with E-state index in [9.17, 15) is 4.79 Å². The number of nitrogens with one attached hydrogen (secondary N) is 1. The summed E-state index contributed by atoms with van der Waals surface area (Å²) >= 11 is 0. The summed E-state index contributed by atoms with van der Waals surface area (Å²) in [5, 5.41) is 8.18. The minimum atomic E-state index is -0.634. The molecule has 0 saturated heterocycles. The van der Waals surface area contributed by atoms with Crippen LogP contribution >= 0.6 is 0 Å². The standard InChI is InChI=1S/C5H11NO3/c1-3-9-5(7)4(2)6-8/h4,6,8H,3H2,1-2H3. The third kappa shape index (κ3) is 3.05. The summed E-state index contributed by atoms with van der Waals surface area (Å²) in [7, 11) is 0. The Kier molecular flexibility index (Phi) is 4.00. The molecule has 4 heteroatoms. The summed E-state index contributed by atoms with van der Waals surface area (Å²) in [5.41, 5.74) is 1.77. The van der Waals surface area contributed by atoms with E-state index >= 15 is 0 Å². The second-order valence-corrected chi connectivity index (χ2v) is 1.60. The Bertz CT molecular complexity index is 94.2. The van der Waals surface area contributed by atoms with Crippen LogP contribution in [0.4, 0.5) is 0 Å². The predicted molar refractivity (Wildman–Crippen MR) is 31.0 cm³/mol. The smallest absolute Gasteiger partial charge is 0.325 e. The second-order valence-electron chi connectivity index (χ2n) is 1.60. The van der Waals surface area contributed by atoms with Crippen LogP contribution in [-0.4, -0.2) is 23.8 Å². The Morgan fingerprint density at radius 3 is 2.78 bits per heavy atom. The molecule has 0 aliphatic heterocycles. The maximum absolute atomic E-state index is 10.5. The van der Waals surface area contributed by atoms with Crippen molar-refractivity contribution in [2.24, 2.45) is 0 Å². The molecule has 0 aliphatic rings. The van der Waals surface area contributed by atoms with Gasteiger partial charge >= 0.3 is 5.97 Å². The molecule has 0 saturated carbocycles. The van der Waals surface area contributed by atoms with Gasteiger partial charge in [0.25, 0.3) is 0 Å². The van der Waals surface area contributed by atoms with Gasteiger partial charge in [-0.05, 0) is 13.8 Å². The summed E-state index contributed by atoms with van der Waals surface area (Å²) in [5.74, 6) is -0.444. The fraction of sp³-hybridized carbons (Fsp3) is 0.800. The van der Waals surface area contributed by atoms with Crippen LogP contribution in [0.5, 0.6) is 0 Å². The molecule has 1 atom stereocenters. The maximum Gasteiger partial charge on any atom is 0.325 e. The van der Waals surface area contributed by atoms with Gasteiger partial charge in [0.2, 0.25) is 0 Å². The molecule has 1 unspecified atom stereocenters. The van der Waals surface area contributed by atoms with Gasteiger partial charge in [-0.1, -0.05) is 0 Å². The van der Waals surface area contributed by atoms with Crippen molar-refractivity contribution in [1.29, 1.82) is 0 Å². The normalized spacial score (nSPS) is 12.8. The molecule has 0 radical (unpaired) electrons. The van der Waals surface area contributed by atoms with Gasteiger partial charge in [0.1, 0.15) is 6.04 Å². The SMILES string of the molecule is CCOC(=O)C(C)NO. The molecule has 0 bridgehead atoms. The van der Waals surface area contributed by atoms with Crippen molar-refractivity contribution in [3.8, 4) is 0 Å². The van der Waals surface area contributed by atoms with E-state index in [0.717, 1.165) is 0 Å². The molecule has 0 aliphatic carbocycles. The van der Waals surface area contributed by atoms with Gasteiger partial charge in [-0.3, -0.25) is 4.79 Å². The molecule has 0 spiro atoms. The Labute approximate surface area is 53.8 Å². The maximum atomic E-state index is 10.5. The van der Waals surface area contributed by atoms with Gasteiger partial charge in [-0.2, -0.15) is 5.48 Å². The molecule has 9 heavy (non-hydrogen) atoms. The summed E-state index contributed by atoms with van der Waals surface area (Å²) in [4.78, 5) is 10.5. The molecular formula is C5H11NO3. The minimum absolute atomic E-state index is 0.338. The molecule has 0 aromatic carbocycles. The van der Waals surface area contributed by atoms with E-state index in [2.05, 4.69) is 4.74 Å². The molecule has 2 N–H and O–H groups in total. The third-order valence-electron chi connectivity index (χ3n) is 0.834. The fourth-order valence-electron chi connectivity index (χ4n) is 0.320. The lowest BCUT2D eigenvalue weighted by atomic mass is 10.4. The molecule has 54 valence electrons. The lowest BCUT2D eigenvalue weighted by Crippen LogP contribution is -2.32. The Morgan fingerprint density at radius 1 is 1.89 bits per heavy atom.